The summed E-state index contributed by atoms with van der Waals surface area (Å²) in [6, 6.07) is 48.0. The second-order valence-electron chi connectivity index (χ2n) is 10.0. The minimum Gasteiger partial charge on any atom is -0.192 e. The van der Waals surface area contributed by atoms with Crippen LogP contribution >= 0.6 is 11.3 Å². The van der Waals surface area contributed by atoms with Crippen LogP contribution in [0.25, 0.3) is 74.7 Å². The van der Waals surface area contributed by atoms with Crippen molar-refractivity contribution in [3.63, 3.8) is 0 Å². The number of hydrogen-bond acceptors (Lipinski definition) is 2. The first kappa shape index (κ1) is 22.1. The molecule has 0 saturated heterocycles. The molecule has 0 unspecified atom stereocenters. The molecule has 1 nitrogen and oxygen atoms in total. The molecule has 2 heteroatoms. The minimum absolute atomic E-state index is 0.740. The highest BCUT2D eigenvalue weighted by Crippen LogP contribution is 2.42. The van der Waals surface area contributed by atoms with Crippen LogP contribution in [0.1, 0.15) is 5.56 Å². The molecule has 0 spiro atoms. The van der Waals surface area contributed by atoms with Gasteiger partial charge in [0.15, 0.2) is 0 Å². The molecule has 0 fully saturated rings. The molecule has 1 heterocycles. The summed E-state index contributed by atoms with van der Waals surface area (Å²) in [4.78, 5) is 0. The molecular formula is C37H21NS. The number of nitrogens with zero attached hydrogens (tertiary/aromatic N) is 1. The summed E-state index contributed by atoms with van der Waals surface area (Å²) in [6.45, 7) is 0. The molecule has 180 valence electrons. The normalized spacial score (nSPS) is 11.6. The third-order valence-corrected chi connectivity index (χ3v) is 9.18. The van der Waals surface area contributed by atoms with Gasteiger partial charge in [-0.05, 0) is 72.8 Å². The fourth-order valence-corrected chi connectivity index (χ4v) is 7.39. The van der Waals surface area contributed by atoms with Crippen LogP contribution in [0.5, 0.6) is 0 Å². The molecule has 0 aliphatic carbocycles. The molecule has 1 aromatic heterocycles. The number of fused-ring (bicyclic) bond motifs is 9. The van der Waals surface area contributed by atoms with E-state index in [0.29, 0.717) is 0 Å². The van der Waals surface area contributed by atoms with E-state index in [1.54, 1.807) is 11.3 Å². The number of benzene rings is 7. The monoisotopic (exact) mass is 511 g/mol. The number of thiophene rings is 1. The highest BCUT2D eigenvalue weighted by atomic mass is 32.1. The van der Waals surface area contributed by atoms with Crippen LogP contribution in [0.2, 0.25) is 0 Å². The lowest BCUT2D eigenvalue weighted by Gasteiger charge is -2.12. The second-order valence-corrected chi connectivity index (χ2v) is 11.0. The van der Waals surface area contributed by atoms with Gasteiger partial charge < -0.3 is 0 Å². The average Bonchev–Trinajstić information content (AvgIpc) is 3.40. The lowest BCUT2D eigenvalue weighted by molar-refractivity contribution is 1.51. The van der Waals surface area contributed by atoms with Gasteiger partial charge in [0.25, 0.3) is 0 Å². The van der Waals surface area contributed by atoms with E-state index in [0.717, 1.165) is 15.6 Å². The van der Waals surface area contributed by atoms with E-state index >= 15 is 0 Å². The van der Waals surface area contributed by atoms with Gasteiger partial charge in [0, 0.05) is 15.5 Å². The van der Waals surface area contributed by atoms with Crippen LogP contribution in [-0.4, -0.2) is 0 Å². The van der Waals surface area contributed by atoms with Crippen LogP contribution < -0.4 is 0 Å². The largest absolute Gasteiger partial charge is 0.192 e. The van der Waals surface area contributed by atoms with Crippen LogP contribution in [0.4, 0.5) is 0 Å². The first-order chi connectivity index (χ1) is 19.3. The average molecular weight is 512 g/mol. The molecule has 0 N–H and O–H groups in total. The predicted octanol–water partition coefficient (Wildman–Crippen LogP) is 10.7. The van der Waals surface area contributed by atoms with Crippen molar-refractivity contribution < 1.29 is 0 Å². The summed E-state index contributed by atoms with van der Waals surface area (Å²) >= 11 is 1.72. The van der Waals surface area contributed by atoms with Crippen LogP contribution in [-0.2, 0) is 0 Å². The molecule has 7 aromatic carbocycles. The Bertz CT molecular complexity index is 2260. The summed E-state index contributed by atoms with van der Waals surface area (Å²) in [7, 11) is 0. The molecule has 8 aromatic rings. The molecule has 8 rings (SSSR count). The molecule has 0 aliphatic rings. The van der Waals surface area contributed by atoms with Crippen molar-refractivity contribution >= 4 is 63.8 Å². The van der Waals surface area contributed by atoms with Crippen molar-refractivity contribution in [3.05, 3.63) is 133 Å². The lowest BCUT2D eigenvalue weighted by atomic mass is 9.91. The third kappa shape index (κ3) is 3.31. The summed E-state index contributed by atoms with van der Waals surface area (Å²) in [6.07, 6.45) is 0. The highest BCUT2D eigenvalue weighted by Gasteiger charge is 2.14. The van der Waals surface area contributed by atoms with Gasteiger partial charge in [-0.1, -0.05) is 109 Å². The van der Waals surface area contributed by atoms with Crippen molar-refractivity contribution in [3.8, 4) is 28.3 Å². The lowest BCUT2D eigenvalue weighted by Crippen LogP contribution is -1.86. The molecule has 0 saturated carbocycles. The quantitative estimate of drug-likeness (QED) is 0.212. The Labute approximate surface area is 229 Å². The molecular weight excluding hydrogens is 490 g/mol. The number of nitriles is 1. The Morgan fingerprint density at radius 2 is 0.949 bits per heavy atom. The SMILES string of the molecule is N#Cc1cccc2c1sc1c(-c3cccc(-c4ccc5c6ccccc6c6ccccc6c5c4)c3)cccc12. The maximum atomic E-state index is 9.67. The fraction of sp³-hybridized carbons (Fsp3) is 0. The van der Waals surface area contributed by atoms with Crippen molar-refractivity contribution in [1.82, 2.24) is 0 Å². The summed E-state index contributed by atoms with van der Waals surface area (Å²) in [5.74, 6) is 0. The van der Waals surface area contributed by atoms with Gasteiger partial charge in [-0.15, -0.1) is 11.3 Å². The fourth-order valence-electron chi connectivity index (χ4n) is 6.09. The first-order valence-electron chi connectivity index (χ1n) is 13.1. The molecule has 0 aliphatic heterocycles. The Hall–Kier alpha value is -4.97. The van der Waals surface area contributed by atoms with Crippen LogP contribution in [0, 0.1) is 11.3 Å². The summed E-state index contributed by atoms with van der Waals surface area (Å²) < 4.78 is 2.29. The molecule has 39 heavy (non-hydrogen) atoms. The topological polar surface area (TPSA) is 23.8 Å². The van der Waals surface area contributed by atoms with E-state index in [1.165, 1.54) is 64.7 Å². The van der Waals surface area contributed by atoms with Gasteiger partial charge in [0.05, 0.1) is 10.3 Å². The predicted molar refractivity (Wildman–Crippen MR) is 167 cm³/mol. The van der Waals surface area contributed by atoms with Crippen molar-refractivity contribution in [2.75, 3.05) is 0 Å². The Kier molecular flexibility index (Phi) is 4.82. The minimum atomic E-state index is 0.740. The van der Waals surface area contributed by atoms with Gasteiger partial charge >= 0.3 is 0 Å². The smallest absolute Gasteiger partial charge is 0.101 e. The molecule has 0 bridgehead atoms. The zero-order chi connectivity index (χ0) is 25.9. The van der Waals surface area contributed by atoms with E-state index in [2.05, 4.69) is 121 Å². The standard InChI is InChI=1S/C37H21NS/c38-22-26-10-6-16-33-34-17-7-15-27(37(34)39-36(26)33)25-9-5-8-23(20-25)24-18-19-32-30-13-2-1-11-28(30)29-12-3-4-14-31(29)35(32)21-24/h1-21H. The maximum Gasteiger partial charge on any atom is 0.101 e. The Morgan fingerprint density at radius 1 is 0.410 bits per heavy atom. The zero-order valence-corrected chi connectivity index (χ0v) is 21.8. The van der Waals surface area contributed by atoms with Crippen molar-refractivity contribution in [1.29, 1.82) is 5.26 Å². The summed E-state index contributed by atoms with van der Waals surface area (Å²) in [5.41, 5.74) is 5.54. The van der Waals surface area contributed by atoms with E-state index in [-0.39, 0.29) is 0 Å². The summed E-state index contributed by atoms with van der Waals surface area (Å²) in [5, 5.41) is 19.8. The van der Waals surface area contributed by atoms with Crippen LogP contribution in [0.15, 0.2) is 127 Å². The molecule has 0 radical (unpaired) electrons. The molecule has 0 amide bonds. The number of hydrogen-bond donors (Lipinski definition) is 0. The Morgan fingerprint density at radius 3 is 1.67 bits per heavy atom. The van der Waals surface area contributed by atoms with Crippen LogP contribution in [0.3, 0.4) is 0 Å². The third-order valence-electron chi connectivity index (χ3n) is 7.90. The van der Waals surface area contributed by atoms with Crippen molar-refractivity contribution in [2.45, 2.75) is 0 Å². The first-order valence-corrected chi connectivity index (χ1v) is 13.9. The van der Waals surface area contributed by atoms with Gasteiger partial charge in [-0.25, -0.2) is 0 Å². The van der Waals surface area contributed by atoms with Gasteiger partial charge in [0.1, 0.15) is 6.07 Å². The number of rotatable bonds is 2. The highest BCUT2D eigenvalue weighted by molar-refractivity contribution is 7.26. The van der Waals surface area contributed by atoms with Crippen molar-refractivity contribution in [2.24, 2.45) is 0 Å². The van der Waals surface area contributed by atoms with E-state index in [4.69, 9.17) is 0 Å². The van der Waals surface area contributed by atoms with Gasteiger partial charge in [-0.2, -0.15) is 5.26 Å². The second kappa shape index (κ2) is 8.53. The van der Waals surface area contributed by atoms with E-state index < -0.39 is 0 Å². The Balaban J connectivity index is 1.34. The maximum absolute atomic E-state index is 9.67. The molecule has 0 atom stereocenters. The van der Waals surface area contributed by atoms with E-state index in [9.17, 15) is 5.26 Å². The van der Waals surface area contributed by atoms with E-state index in [1.807, 2.05) is 12.1 Å². The van der Waals surface area contributed by atoms with Gasteiger partial charge in [0.2, 0.25) is 0 Å². The zero-order valence-electron chi connectivity index (χ0n) is 21.0. The van der Waals surface area contributed by atoms with Gasteiger partial charge in [-0.3, -0.25) is 0 Å².